The zero-order valence-corrected chi connectivity index (χ0v) is 20.6. The van der Waals surface area contributed by atoms with Crippen LogP contribution in [0.25, 0.3) is 11.3 Å². The van der Waals surface area contributed by atoms with Gasteiger partial charge in [-0.2, -0.15) is 0 Å². The number of benzene rings is 2. The number of anilines is 1. The Morgan fingerprint density at radius 3 is 2.61 bits per heavy atom. The molecule has 36 heavy (non-hydrogen) atoms. The summed E-state index contributed by atoms with van der Waals surface area (Å²) in [6, 6.07) is 22.3. The highest BCUT2D eigenvalue weighted by atomic mass is 35.5. The number of pyridine rings is 1. The highest BCUT2D eigenvalue weighted by molar-refractivity contribution is 7.80. The predicted molar refractivity (Wildman–Crippen MR) is 141 cm³/mol. The molecule has 6 nitrogen and oxygen atoms in total. The molecule has 5 rings (SSSR count). The second-order valence-corrected chi connectivity index (χ2v) is 9.13. The second kappa shape index (κ2) is 10.5. The maximum Gasteiger partial charge on any atom is 0.226 e. The summed E-state index contributed by atoms with van der Waals surface area (Å²) >= 11 is 11.7. The van der Waals surface area contributed by atoms with Crippen LogP contribution in [0.2, 0.25) is 5.02 Å². The zero-order valence-electron chi connectivity index (χ0n) is 19.0. The number of nitrogens with zero attached hydrogens (tertiary/aromatic N) is 2. The molecule has 3 heterocycles. The van der Waals surface area contributed by atoms with Gasteiger partial charge in [0, 0.05) is 29.7 Å². The van der Waals surface area contributed by atoms with E-state index in [1.165, 1.54) is 12.1 Å². The molecule has 2 atom stereocenters. The summed E-state index contributed by atoms with van der Waals surface area (Å²) in [6.45, 7) is 0.303. The summed E-state index contributed by atoms with van der Waals surface area (Å²) in [4.78, 5) is 19.1. The van der Waals surface area contributed by atoms with E-state index in [2.05, 4.69) is 15.6 Å². The number of thiocarbonyl (C=S) groups is 1. The Labute approximate surface area is 218 Å². The molecule has 0 spiro atoms. The van der Waals surface area contributed by atoms with Gasteiger partial charge in [-0.3, -0.25) is 9.78 Å². The van der Waals surface area contributed by atoms with E-state index >= 15 is 0 Å². The quantitative estimate of drug-likeness (QED) is 0.285. The minimum atomic E-state index is -0.484. The Bertz CT molecular complexity index is 1380. The summed E-state index contributed by atoms with van der Waals surface area (Å²) in [5, 5.41) is 7.09. The van der Waals surface area contributed by atoms with Crippen molar-refractivity contribution >= 4 is 40.5 Å². The third kappa shape index (κ3) is 5.10. The van der Waals surface area contributed by atoms with Crippen molar-refractivity contribution in [3.05, 3.63) is 107 Å². The number of amides is 1. The van der Waals surface area contributed by atoms with Crippen LogP contribution in [0.15, 0.2) is 89.5 Å². The number of carbonyl (C=O) groups excluding carboxylic acids is 1. The van der Waals surface area contributed by atoms with Gasteiger partial charge in [0.1, 0.15) is 23.4 Å². The maximum atomic E-state index is 14.0. The van der Waals surface area contributed by atoms with Gasteiger partial charge in [-0.1, -0.05) is 29.8 Å². The van der Waals surface area contributed by atoms with Crippen molar-refractivity contribution in [1.29, 1.82) is 0 Å². The average molecular weight is 521 g/mol. The molecule has 0 bridgehead atoms. The summed E-state index contributed by atoms with van der Waals surface area (Å²) in [5.41, 5.74) is 1.84. The molecule has 0 unspecified atom stereocenters. The molecule has 0 aliphatic carbocycles. The fraction of sp³-hybridized carbons (Fsp3) is 0.148. The molecular weight excluding hydrogens is 499 g/mol. The van der Waals surface area contributed by atoms with Crippen molar-refractivity contribution in [1.82, 2.24) is 15.2 Å². The third-order valence-corrected chi connectivity index (χ3v) is 6.58. The normalized spacial score (nSPS) is 17.2. The molecule has 1 amide bonds. The number of hydrogen-bond donors (Lipinski definition) is 2. The summed E-state index contributed by atoms with van der Waals surface area (Å²) in [6.07, 6.45) is 1.83. The standard InChI is InChI=1S/C27H22ClFN4O2S/c28-18-10-8-17(9-11-18)22-12-13-23(35-22)26-25(21-7-3-4-15-30-21)32-27(36)33(26)16-14-24(34)31-20-6-2-1-5-19(20)29/h1-13,15,25-26H,14,16H2,(H,31,34)(H,32,36)/t25-,26+/m1/s1. The fourth-order valence-corrected chi connectivity index (χ4v) is 4.69. The van der Waals surface area contributed by atoms with Gasteiger partial charge in [-0.15, -0.1) is 0 Å². The lowest BCUT2D eigenvalue weighted by Crippen LogP contribution is -2.32. The molecule has 1 aliphatic rings. The van der Waals surface area contributed by atoms with Crippen LogP contribution in [0, 0.1) is 5.82 Å². The number of halogens is 2. The van der Waals surface area contributed by atoms with Gasteiger partial charge in [0.05, 0.1) is 17.4 Å². The van der Waals surface area contributed by atoms with Gasteiger partial charge >= 0.3 is 0 Å². The van der Waals surface area contributed by atoms with E-state index in [-0.39, 0.29) is 30.1 Å². The smallest absolute Gasteiger partial charge is 0.226 e. The van der Waals surface area contributed by atoms with Crippen LogP contribution >= 0.6 is 23.8 Å². The molecule has 2 N–H and O–H groups in total. The van der Waals surface area contributed by atoms with Gasteiger partial charge in [0.2, 0.25) is 5.91 Å². The largest absolute Gasteiger partial charge is 0.459 e. The van der Waals surface area contributed by atoms with Gasteiger partial charge in [-0.05, 0) is 72.9 Å². The lowest BCUT2D eigenvalue weighted by atomic mass is 10.0. The minimum absolute atomic E-state index is 0.104. The van der Waals surface area contributed by atoms with Gasteiger partial charge in [-0.25, -0.2) is 4.39 Å². The first-order valence-electron chi connectivity index (χ1n) is 11.4. The van der Waals surface area contributed by atoms with Crippen molar-refractivity contribution in [3.8, 4) is 11.3 Å². The van der Waals surface area contributed by atoms with E-state index in [9.17, 15) is 9.18 Å². The van der Waals surface area contributed by atoms with Crippen LogP contribution in [-0.4, -0.2) is 27.4 Å². The molecule has 1 saturated heterocycles. The lowest BCUT2D eigenvalue weighted by molar-refractivity contribution is -0.116. The first-order chi connectivity index (χ1) is 17.5. The zero-order chi connectivity index (χ0) is 25.1. The third-order valence-electron chi connectivity index (χ3n) is 5.97. The Hall–Kier alpha value is -3.75. The van der Waals surface area contributed by atoms with Crippen molar-refractivity contribution in [2.24, 2.45) is 0 Å². The number of hydrogen-bond acceptors (Lipinski definition) is 4. The molecule has 2 aromatic carbocycles. The highest BCUT2D eigenvalue weighted by Gasteiger charge is 2.41. The van der Waals surface area contributed by atoms with Gasteiger partial charge < -0.3 is 20.0 Å². The highest BCUT2D eigenvalue weighted by Crippen LogP contribution is 2.40. The molecule has 9 heteroatoms. The van der Waals surface area contributed by atoms with Crippen LogP contribution in [0.5, 0.6) is 0 Å². The van der Waals surface area contributed by atoms with E-state index in [4.69, 9.17) is 28.2 Å². The maximum absolute atomic E-state index is 14.0. The van der Waals surface area contributed by atoms with Crippen molar-refractivity contribution in [3.63, 3.8) is 0 Å². The molecular formula is C27H22ClFN4O2S. The summed E-state index contributed by atoms with van der Waals surface area (Å²) in [5.74, 6) is 0.570. The number of furan rings is 1. The summed E-state index contributed by atoms with van der Waals surface area (Å²) < 4.78 is 20.2. The number of rotatable bonds is 7. The average Bonchev–Trinajstić information content (AvgIpc) is 3.50. The molecule has 2 aromatic heterocycles. The van der Waals surface area contributed by atoms with Gasteiger partial charge in [0.25, 0.3) is 0 Å². The number of carbonyl (C=O) groups is 1. The molecule has 1 aliphatic heterocycles. The van der Waals surface area contributed by atoms with E-state index in [0.717, 1.165) is 11.3 Å². The summed E-state index contributed by atoms with van der Waals surface area (Å²) in [7, 11) is 0. The molecule has 0 saturated carbocycles. The monoisotopic (exact) mass is 520 g/mol. The van der Waals surface area contributed by atoms with Crippen LogP contribution in [0.1, 0.15) is 30.0 Å². The number of para-hydroxylation sites is 1. The van der Waals surface area contributed by atoms with Gasteiger partial charge in [0.15, 0.2) is 5.11 Å². The van der Waals surface area contributed by atoms with Crippen LogP contribution in [0.3, 0.4) is 0 Å². The van der Waals surface area contributed by atoms with E-state index < -0.39 is 5.82 Å². The fourth-order valence-electron chi connectivity index (χ4n) is 4.23. The second-order valence-electron chi connectivity index (χ2n) is 8.31. The molecule has 182 valence electrons. The molecule has 1 fully saturated rings. The minimum Gasteiger partial charge on any atom is -0.459 e. The topological polar surface area (TPSA) is 70.4 Å². The lowest BCUT2D eigenvalue weighted by Gasteiger charge is -2.25. The van der Waals surface area contributed by atoms with Crippen molar-refractivity contribution in [2.45, 2.75) is 18.5 Å². The Morgan fingerprint density at radius 2 is 1.86 bits per heavy atom. The Kier molecular flexibility index (Phi) is 6.97. The first-order valence-corrected chi connectivity index (χ1v) is 12.2. The Balaban J connectivity index is 1.40. The molecule has 4 aromatic rings. The first kappa shape index (κ1) is 24.0. The Morgan fingerprint density at radius 1 is 1.08 bits per heavy atom. The van der Waals surface area contributed by atoms with Crippen molar-refractivity contribution in [2.75, 3.05) is 11.9 Å². The molecule has 0 radical (unpaired) electrons. The van der Waals surface area contributed by atoms with Crippen molar-refractivity contribution < 1.29 is 13.6 Å². The number of aromatic nitrogens is 1. The van der Waals surface area contributed by atoms with E-state index in [1.54, 1.807) is 18.3 Å². The predicted octanol–water partition coefficient (Wildman–Crippen LogP) is 6.14. The van der Waals surface area contributed by atoms with E-state index in [1.807, 2.05) is 59.5 Å². The van der Waals surface area contributed by atoms with Crippen LogP contribution in [0.4, 0.5) is 10.1 Å². The number of nitrogens with one attached hydrogen (secondary N) is 2. The van der Waals surface area contributed by atoms with Crippen LogP contribution < -0.4 is 10.6 Å². The van der Waals surface area contributed by atoms with E-state index in [0.29, 0.717) is 28.2 Å². The van der Waals surface area contributed by atoms with Crippen LogP contribution in [-0.2, 0) is 4.79 Å². The SMILES string of the molecule is O=C(CCN1C(=S)N[C@H](c2ccccn2)[C@@H]1c1ccc(-c2ccc(Cl)cc2)o1)Nc1ccccc1F.